The minimum absolute atomic E-state index is 0.762. The topological polar surface area (TPSA) is 52.8 Å². The molecule has 1 heterocycles. The molecule has 5 nitrogen and oxygen atoms in total. The minimum Gasteiger partial charge on any atom is -0.496 e. The molecule has 0 aliphatic rings. The quantitative estimate of drug-likeness (QED) is 0.635. The van der Waals surface area contributed by atoms with Crippen molar-refractivity contribution in [2.75, 3.05) is 7.11 Å². The van der Waals surface area contributed by atoms with Gasteiger partial charge in [0.1, 0.15) is 5.75 Å². The van der Waals surface area contributed by atoms with Crippen molar-refractivity contribution in [1.82, 2.24) is 20.2 Å². The van der Waals surface area contributed by atoms with E-state index < -0.39 is 0 Å². The molecule has 0 atom stereocenters. The van der Waals surface area contributed by atoms with E-state index in [-0.39, 0.29) is 0 Å². The van der Waals surface area contributed by atoms with E-state index in [0.717, 1.165) is 26.8 Å². The van der Waals surface area contributed by atoms with Crippen LogP contribution in [-0.2, 0) is 5.75 Å². The van der Waals surface area contributed by atoms with E-state index in [1.165, 1.54) is 5.56 Å². The fourth-order valence-electron chi connectivity index (χ4n) is 1.95. The van der Waals surface area contributed by atoms with Gasteiger partial charge in [0.05, 0.1) is 17.3 Å². The Labute approximate surface area is 140 Å². The van der Waals surface area contributed by atoms with E-state index in [2.05, 4.69) is 31.5 Å². The van der Waals surface area contributed by atoms with Gasteiger partial charge in [0.2, 0.25) is 5.16 Å². The van der Waals surface area contributed by atoms with Crippen molar-refractivity contribution >= 4 is 27.7 Å². The van der Waals surface area contributed by atoms with E-state index in [4.69, 9.17) is 4.74 Å². The number of hydrogen-bond acceptors (Lipinski definition) is 5. The molecule has 0 spiro atoms. The van der Waals surface area contributed by atoms with Gasteiger partial charge in [0.25, 0.3) is 0 Å². The van der Waals surface area contributed by atoms with Gasteiger partial charge in [-0.25, -0.2) is 0 Å². The summed E-state index contributed by atoms with van der Waals surface area (Å²) in [6, 6.07) is 15.9. The molecule has 0 saturated carbocycles. The molecular weight excluding hydrogens is 364 g/mol. The summed E-state index contributed by atoms with van der Waals surface area (Å²) in [6.45, 7) is 0. The van der Waals surface area contributed by atoms with Gasteiger partial charge in [-0.2, -0.15) is 4.68 Å². The molecule has 3 rings (SSSR count). The van der Waals surface area contributed by atoms with Gasteiger partial charge in [0.15, 0.2) is 0 Å². The zero-order valence-corrected chi connectivity index (χ0v) is 14.2. The molecule has 0 aliphatic heterocycles. The van der Waals surface area contributed by atoms with Crippen LogP contribution >= 0.6 is 27.7 Å². The Morgan fingerprint density at radius 3 is 2.73 bits per heavy atom. The standard InChI is InChI=1S/C15H13BrN4OS/c1-21-14-8-7-11(9-13(14)16)10-22-15-17-18-19-20(15)12-5-3-2-4-6-12/h2-9H,10H2,1H3. The number of rotatable bonds is 5. The second kappa shape index (κ2) is 6.93. The van der Waals surface area contributed by atoms with Crippen molar-refractivity contribution < 1.29 is 4.74 Å². The van der Waals surface area contributed by atoms with Crippen molar-refractivity contribution in [2.45, 2.75) is 10.9 Å². The molecule has 0 radical (unpaired) electrons. The molecule has 22 heavy (non-hydrogen) atoms. The van der Waals surface area contributed by atoms with Gasteiger partial charge in [-0.3, -0.25) is 0 Å². The summed E-state index contributed by atoms with van der Waals surface area (Å²) in [5, 5.41) is 12.7. The van der Waals surface area contributed by atoms with Crippen LogP contribution in [0.15, 0.2) is 58.2 Å². The number of tetrazole rings is 1. The Morgan fingerprint density at radius 2 is 2.00 bits per heavy atom. The number of ether oxygens (including phenoxy) is 1. The molecule has 3 aromatic rings. The summed E-state index contributed by atoms with van der Waals surface area (Å²) in [5.41, 5.74) is 2.12. The van der Waals surface area contributed by atoms with Crippen LogP contribution in [0.1, 0.15) is 5.56 Å². The summed E-state index contributed by atoms with van der Waals surface area (Å²) in [5.74, 6) is 1.60. The lowest BCUT2D eigenvalue weighted by Gasteiger charge is -2.06. The summed E-state index contributed by atoms with van der Waals surface area (Å²) >= 11 is 5.09. The maximum absolute atomic E-state index is 5.24. The van der Waals surface area contributed by atoms with Crippen LogP contribution in [0, 0.1) is 0 Å². The summed E-state index contributed by atoms with van der Waals surface area (Å²) in [6.07, 6.45) is 0. The van der Waals surface area contributed by atoms with Crippen LogP contribution in [0.4, 0.5) is 0 Å². The van der Waals surface area contributed by atoms with Gasteiger partial charge >= 0.3 is 0 Å². The average Bonchev–Trinajstić information content (AvgIpc) is 3.02. The molecule has 1 aromatic heterocycles. The molecule has 0 N–H and O–H groups in total. The number of nitrogens with zero attached hydrogens (tertiary/aromatic N) is 4. The van der Waals surface area contributed by atoms with E-state index in [0.29, 0.717) is 0 Å². The Balaban J connectivity index is 1.75. The van der Waals surface area contributed by atoms with Gasteiger partial charge in [-0.15, -0.1) is 5.10 Å². The molecule has 0 amide bonds. The number of hydrogen-bond donors (Lipinski definition) is 0. The van der Waals surface area contributed by atoms with Crippen LogP contribution in [0.25, 0.3) is 5.69 Å². The normalized spacial score (nSPS) is 10.6. The van der Waals surface area contributed by atoms with E-state index >= 15 is 0 Å². The van der Waals surface area contributed by atoms with Crippen LogP contribution in [-0.4, -0.2) is 27.3 Å². The van der Waals surface area contributed by atoms with Crippen LogP contribution in [0.5, 0.6) is 5.75 Å². The third-order valence-corrected chi connectivity index (χ3v) is 4.64. The van der Waals surface area contributed by atoms with Gasteiger partial charge in [-0.1, -0.05) is 36.0 Å². The van der Waals surface area contributed by atoms with E-state index in [1.807, 2.05) is 48.5 Å². The number of para-hydroxylation sites is 1. The highest BCUT2D eigenvalue weighted by molar-refractivity contribution is 9.10. The minimum atomic E-state index is 0.762. The first-order valence-electron chi connectivity index (χ1n) is 6.57. The Bertz CT molecular complexity index is 763. The highest BCUT2D eigenvalue weighted by Gasteiger charge is 2.09. The summed E-state index contributed by atoms with van der Waals surface area (Å²) < 4.78 is 7.92. The zero-order valence-electron chi connectivity index (χ0n) is 11.8. The van der Waals surface area contributed by atoms with Crippen LogP contribution in [0.3, 0.4) is 0 Å². The van der Waals surface area contributed by atoms with Crippen molar-refractivity contribution in [3.63, 3.8) is 0 Å². The largest absolute Gasteiger partial charge is 0.496 e. The second-order valence-corrected chi connectivity index (χ2v) is 6.26. The van der Waals surface area contributed by atoms with E-state index in [1.54, 1.807) is 23.6 Å². The summed E-state index contributed by atoms with van der Waals surface area (Å²) in [4.78, 5) is 0. The zero-order chi connectivity index (χ0) is 15.4. The van der Waals surface area contributed by atoms with Crippen molar-refractivity contribution in [3.05, 3.63) is 58.6 Å². The molecule has 0 saturated heterocycles. The smallest absolute Gasteiger partial charge is 0.214 e. The van der Waals surface area contributed by atoms with Gasteiger partial charge < -0.3 is 4.74 Å². The first-order valence-corrected chi connectivity index (χ1v) is 8.35. The molecule has 0 aliphatic carbocycles. The third-order valence-electron chi connectivity index (χ3n) is 3.03. The van der Waals surface area contributed by atoms with Gasteiger partial charge in [0, 0.05) is 5.75 Å². The molecular formula is C15H13BrN4OS. The molecule has 2 aromatic carbocycles. The van der Waals surface area contributed by atoms with Crippen molar-refractivity contribution in [2.24, 2.45) is 0 Å². The number of thioether (sulfide) groups is 1. The number of methoxy groups -OCH3 is 1. The molecule has 7 heteroatoms. The van der Waals surface area contributed by atoms with Crippen LogP contribution < -0.4 is 4.74 Å². The number of halogens is 1. The fraction of sp³-hybridized carbons (Fsp3) is 0.133. The Kier molecular flexibility index (Phi) is 4.74. The third kappa shape index (κ3) is 3.31. The lowest BCUT2D eigenvalue weighted by Crippen LogP contribution is -1.98. The van der Waals surface area contributed by atoms with E-state index in [9.17, 15) is 0 Å². The fourth-order valence-corrected chi connectivity index (χ4v) is 3.37. The number of aromatic nitrogens is 4. The highest BCUT2D eigenvalue weighted by atomic mass is 79.9. The van der Waals surface area contributed by atoms with Crippen molar-refractivity contribution in [3.8, 4) is 11.4 Å². The Hall–Kier alpha value is -1.86. The SMILES string of the molecule is COc1ccc(CSc2nnnn2-c2ccccc2)cc1Br. The van der Waals surface area contributed by atoms with Crippen molar-refractivity contribution in [1.29, 1.82) is 0 Å². The lowest BCUT2D eigenvalue weighted by molar-refractivity contribution is 0.412. The predicted molar refractivity (Wildman–Crippen MR) is 89.4 cm³/mol. The first kappa shape index (κ1) is 15.1. The molecule has 0 fully saturated rings. The maximum Gasteiger partial charge on any atom is 0.214 e. The monoisotopic (exact) mass is 376 g/mol. The predicted octanol–water partition coefficient (Wildman–Crippen LogP) is 3.73. The maximum atomic E-state index is 5.24. The Morgan fingerprint density at radius 1 is 1.18 bits per heavy atom. The highest BCUT2D eigenvalue weighted by Crippen LogP contribution is 2.29. The lowest BCUT2D eigenvalue weighted by atomic mass is 10.2. The molecule has 112 valence electrons. The average molecular weight is 377 g/mol. The molecule has 0 unspecified atom stereocenters. The first-order chi connectivity index (χ1) is 10.8. The molecule has 0 bridgehead atoms. The second-order valence-electron chi connectivity index (χ2n) is 4.47. The number of benzene rings is 2. The van der Waals surface area contributed by atoms with Gasteiger partial charge in [-0.05, 0) is 56.2 Å². The summed E-state index contributed by atoms with van der Waals surface area (Å²) in [7, 11) is 1.66. The van der Waals surface area contributed by atoms with Crippen LogP contribution in [0.2, 0.25) is 0 Å².